The molecule has 4 rings (SSSR count). The minimum Gasteiger partial charge on any atom is -0.490 e. The van der Waals surface area contributed by atoms with Crippen LogP contribution < -0.4 is 10.3 Å². The molecule has 5 nitrogen and oxygen atoms in total. The third-order valence-corrected chi connectivity index (χ3v) is 5.21. The highest BCUT2D eigenvalue weighted by atomic mass is 35.5. The Labute approximate surface area is 172 Å². The van der Waals surface area contributed by atoms with E-state index in [1.165, 1.54) is 18.7 Å². The van der Waals surface area contributed by atoms with Crippen molar-refractivity contribution in [1.29, 1.82) is 0 Å². The maximum absolute atomic E-state index is 13.5. The Morgan fingerprint density at radius 1 is 1.24 bits per heavy atom. The van der Waals surface area contributed by atoms with Crippen LogP contribution in [0.25, 0.3) is 0 Å². The lowest BCUT2D eigenvalue weighted by molar-refractivity contribution is 0.402. The first-order valence-corrected chi connectivity index (χ1v) is 9.68. The fraction of sp³-hybridized carbons (Fsp3) is 0.227. The predicted molar refractivity (Wildman–Crippen MR) is 111 cm³/mol. The largest absolute Gasteiger partial charge is 0.490 e. The lowest BCUT2D eigenvalue weighted by atomic mass is 9.90. The maximum Gasteiger partial charge on any atom is 0.316 e. The van der Waals surface area contributed by atoms with Crippen LogP contribution in [-0.4, -0.2) is 22.4 Å². The lowest BCUT2D eigenvalue weighted by Crippen LogP contribution is -2.17. The molecule has 0 fully saturated rings. The summed E-state index contributed by atoms with van der Waals surface area (Å²) < 4.78 is 20.4. The van der Waals surface area contributed by atoms with E-state index in [4.69, 9.17) is 21.3 Å². The number of aromatic nitrogens is 2. The topological polar surface area (TPSA) is 56.5 Å². The Morgan fingerprint density at radius 3 is 2.86 bits per heavy atom. The van der Waals surface area contributed by atoms with Gasteiger partial charge >= 0.3 is 5.56 Å². The number of aryl methyl sites for hydroxylation is 1. The van der Waals surface area contributed by atoms with Crippen molar-refractivity contribution in [3.05, 3.63) is 86.5 Å². The first-order chi connectivity index (χ1) is 14.0. The van der Waals surface area contributed by atoms with Crippen LogP contribution in [-0.2, 0) is 13.0 Å². The van der Waals surface area contributed by atoms with Crippen molar-refractivity contribution in [2.45, 2.75) is 25.8 Å². The molecule has 148 valence electrons. The quantitative estimate of drug-likeness (QED) is 0.632. The summed E-state index contributed by atoms with van der Waals surface area (Å²) >= 11 is 5.91. The molecular weight excluding hydrogens is 393 g/mol. The van der Waals surface area contributed by atoms with Crippen LogP contribution in [0.1, 0.15) is 29.5 Å². The zero-order chi connectivity index (χ0) is 20.4. The molecule has 1 aliphatic rings. The Hall–Kier alpha value is -2.99. The number of methoxy groups -OCH3 is 1. The van der Waals surface area contributed by atoms with E-state index in [-0.39, 0.29) is 16.7 Å². The van der Waals surface area contributed by atoms with Crippen LogP contribution in [0.4, 0.5) is 10.3 Å². The molecule has 0 spiro atoms. The molecule has 0 saturated heterocycles. The highest BCUT2D eigenvalue weighted by Crippen LogP contribution is 2.25. The van der Waals surface area contributed by atoms with Gasteiger partial charge in [0.15, 0.2) is 0 Å². The first kappa shape index (κ1) is 19.3. The Kier molecular flexibility index (Phi) is 5.45. The Morgan fingerprint density at radius 2 is 2.07 bits per heavy atom. The fourth-order valence-electron chi connectivity index (χ4n) is 3.48. The number of fused-ring (bicyclic) bond motifs is 1. The van der Waals surface area contributed by atoms with Crippen molar-refractivity contribution in [2.75, 3.05) is 7.11 Å². The van der Waals surface area contributed by atoms with E-state index in [2.05, 4.69) is 11.1 Å². The standard InChI is InChI=1S/C22H19ClFN3O2/c1-29-20-13-27(12-14-9-10-18(24)17(23)11-14)22(26-21(20)28)25-19-8-4-6-15-5-2-3-7-16(15)19/h2-3,5,7,9-11,13H,4,6,8,12H2,1H3. The van der Waals surface area contributed by atoms with Gasteiger partial charge in [-0.3, -0.25) is 4.79 Å². The molecule has 7 heteroatoms. The van der Waals surface area contributed by atoms with Crippen molar-refractivity contribution in [1.82, 2.24) is 9.55 Å². The van der Waals surface area contributed by atoms with E-state index < -0.39 is 11.4 Å². The molecule has 29 heavy (non-hydrogen) atoms. The number of halogens is 2. The van der Waals surface area contributed by atoms with Gasteiger partial charge in [-0.2, -0.15) is 4.98 Å². The third kappa shape index (κ3) is 4.07. The molecule has 0 amide bonds. The fourth-order valence-corrected chi connectivity index (χ4v) is 3.69. The summed E-state index contributed by atoms with van der Waals surface area (Å²) in [7, 11) is 1.42. The highest BCUT2D eigenvalue weighted by molar-refractivity contribution is 6.30. The summed E-state index contributed by atoms with van der Waals surface area (Å²) in [5.74, 6) is -0.0838. The average molecular weight is 412 g/mol. The van der Waals surface area contributed by atoms with E-state index in [1.807, 2.05) is 18.2 Å². The maximum atomic E-state index is 13.5. The van der Waals surface area contributed by atoms with Crippen LogP contribution in [0, 0.1) is 5.82 Å². The number of ether oxygens (including phenoxy) is 1. The molecule has 0 unspecified atom stereocenters. The molecule has 1 heterocycles. The molecule has 1 aromatic heterocycles. The van der Waals surface area contributed by atoms with Gasteiger partial charge in [0.2, 0.25) is 11.7 Å². The monoisotopic (exact) mass is 411 g/mol. The molecule has 0 aliphatic heterocycles. The van der Waals surface area contributed by atoms with Crippen molar-refractivity contribution in [2.24, 2.45) is 4.99 Å². The number of aliphatic imine (C=N–C) groups is 1. The van der Waals surface area contributed by atoms with Crippen LogP contribution in [0.2, 0.25) is 5.02 Å². The van der Waals surface area contributed by atoms with Crippen LogP contribution in [0.5, 0.6) is 5.75 Å². The SMILES string of the molecule is COc1cn(Cc2ccc(F)c(Cl)c2)c(N=C2CCCc3ccccc32)nc1=O. The normalized spacial score (nSPS) is 14.7. The molecule has 0 radical (unpaired) electrons. The molecular formula is C22H19ClFN3O2. The Bertz CT molecular complexity index is 1160. The van der Waals surface area contributed by atoms with Crippen molar-refractivity contribution < 1.29 is 9.13 Å². The molecule has 0 N–H and O–H groups in total. The highest BCUT2D eigenvalue weighted by Gasteiger charge is 2.17. The minimum absolute atomic E-state index is 0.0394. The zero-order valence-electron chi connectivity index (χ0n) is 15.9. The predicted octanol–water partition coefficient (Wildman–Crippen LogP) is 4.55. The number of nitrogens with zero attached hydrogens (tertiary/aromatic N) is 3. The van der Waals surface area contributed by atoms with Crippen LogP contribution >= 0.6 is 11.6 Å². The van der Waals surface area contributed by atoms with E-state index in [0.717, 1.165) is 36.1 Å². The second-order valence-electron chi connectivity index (χ2n) is 6.86. The first-order valence-electron chi connectivity index (χ1n) is 9.30. The van der Waals surface area contributed by atoms with Crippen molar-refractivity contribution in [3.63, 3.8) is 0 Å². The van der Waals surface area contributed by atoms with Gasteiger partial charge in [0.05, 0.1) is 30.6 Å². The Balaban J connectivity index is 1.80. The summed E-state index contributed by atoms with van der Waals surface area (Å²) in [5, 5.41) is 0.0394. The number of benzene rings is 2. The van der Waals surface area contributed by atoms with Gasteiger partial charge in [0.25, 0.3) is 0 Å². The molecule has 0 bridgehead atoms. The molecule has 2 aromatic carbocycles. The number of hydrogen-bond donors (Lipinski definition) is 0. The second-order valence-corrected chi connectivity index (χ2v) is 7.27. The number of rotatable bonds is 4. The third-order valence-electron chi connectivity index (χ3n) is 4.92. The van der Waals surface area contributed by atoms with Gasteiger partial charge in [0, 0.05) is 0 Å². The van der Waals surface area contributed by atoms with Crippen LogP contribution in [0.15, 0.2) is 58.4 Å². The summed E-state index contributed by atoms with van der Waals surface area (Å²) in [6.45, 7) is 0.317. The van der Waals surface area contributed by atoms with Gasteiger partial charge in [0.1, 0.15) is 5.82 Å². The van der Waals surface area contributed by atoms with Crippen molar-refractivity contribution in [3.8, 4) is 5.75 Å². The second kappa shape index (κ2) is 8.17. The lowest BCUT2D eigenvalue weighted by Gasteiger charge is -2.18. The van der Waals surface area contributed by atoms with E-state index in [9.17, 15) is 9.18 Å². The van der Waals surface area contributed by atoms with Gasteiger partial charge in [-0.15, -0.1) is 0 Å². The smallest absolute Gasteiger partial charge is 0.316 e. The molecule has 0 saturated carbocycles. The van der Waals surface area contributed by atoms with E-state index >= 15 is 0 Å². The average Bonchev–Trinajstić information content (AvgIpc) is 2.73. The van der Waals surface area contributed by atoms with Gasteiger partial charge < -0.3 is 9.30 Å². The van der Waals surface area contributed by atoms with Gasteiger partial charge in [-0.1, -0.05) is 41.9 Å². The summed E-state index contributed by atoms with van der Waals surface area (Å²) in [5.41, 5.74) is 3.50. The summed E-state index contributed by atoms with van der Waals surface area (Å²) in [6.07, 6.45) is 4.37. The summed E-state index contributed by atoms with van der Waals surface area (Å²) in [4.78, 5) is 21.1. The van der Waals surface area contributed by atoms with Crippen LogP contribution in [0.3, 0.4) is 0 Å². The minimum atomic E-state index is -0.482. The van der Waals surface area contributed by atoms with Crippen molar-refractivity contribution >= 4 is 23.3 Å². The zero-order valence-corrected chi connectivity index (χ0v) is 16.6. The van der Waals surface area contributed by atoms with E-state index in [1.54, 1.807) is 22.9 Å². The van der Waals surface area contributed by atoms with Gasteiger partial charge in [-0.05, 0) is 48.1 Å². The molecule has 3 aromatic rings. The number of hydrogen-bond acceptors (Lipinski definition) is 4. The van der Waals surface area contributed by atoms with E-state index in [0.29, 0.717) is 6.54 Å². The van der Waals surface area contributed by atoms with Gasteiger partial charge in [-0.25, -0.2) is 9.38 Å². The summed E-state index contributed by atoms with van der Waals surface area (Å²) in [6, 6.07) is 12.6. The molecule has 1 aliphatic carbocycles. The molecule has 0 atom stereocenters.